The Morgan fingerprint density at radius 2 is 1.91 bits per heavy atom. The lowest BCUT2D eigenvalue weighted by Gasteiger charge is -2.24. The fourth-order valence-corrected chi connectivity index (χ4v) is 4.25. The van der Waals surface area contributed by atoms with E-state index in [1.54, 1.807) is 0 Å². The predicted molar refractivity (Wildman–Crippen MR) is 93.4 cm³/mol. The van der Waals surface area contributed by atoms with E-state index < -0.39 is 0 Å². The minimum atomic E-state index is 0.527. The first kappa shape index (κ1) is 14.7. The molecule has 0 unspecified atom stereocenters. The van der Waals surface area contributed by atoms with Gasteiger partial charge in [0.2, 0.25) is 0 Å². The van der Waals surface area contributed by atoms with E-state index in [2.05, 4.69) is 63.6 Å². The average molecular weight is 307 g/mol. The van der Waals surface area contributed by atoms with Crippen LogP contribution in [0.2, 0.25) is 0 Å². The molecular formula is C20H25N3. The van der Waals surface area contributed by atoms with Crippen LogP contribution >= 0.6 is 0 Å². The maximum absolute atomic E-state index is 4.18. The Hall–Kier alpha value is -1.87. The van der Waals surface area contributed by atoms with Crippen molar-refractivity contribution < 1.29 is 0 Å². The Bertz CT molecular complexity index is 632. The third-order valence-corrected chi connectivity index (χ3v) is 5.44. The van der Waals surface area contributed by atoms with E-state index >= 15 is 0 Å². The van der Waals surface area contributed by atoms with Gasteiger partial charge >= 0.3 is 0 Å². The Balaban J connectivity index is 1.52. The van der Waals surface area contributed by atoms with Crippen molar-refractivity contribution in [3.63, 3.8) is 0 Å². The van der Waals surface area contributed by atoms with Crippen molar-refractivity contribution in [2.24, 2.45) is 5.92 Å². The highest BCUT2D eigenvalue weighted by Crippen LogP contribution is 2.39. The van der Waals surface area contributed by atoms with Gasteiger partial charge in [-0.1, -0.05) is 42.5 Å². The van der Waals surface area contributed by atoms with Gasteiger partial charge in [-0.05, 0) is 36.8 Å². The highest BCUT2D eigenvalue weighted by Gasteiger charge is 2.36. The van der Waals surface area contributed by atoms with Gasteiger partial charge in [0.25, 0.3) is 0 Å². The Labute approximate surface area is 138 Å². The Morgan fingerprint density at radius 1 is 1.04 bits per heavy atom. The van der Waals surface area contributed by atoms with Crippen molar-refractivity contribution in [3.05, 3.63) is 66.0 Å². The molecule has 23 heavy (non-hydrogen) atoms. The second-order valence-corrected chi connectivity index (χ2v) is 7.00. The third kappa shape index (κ3) is 3.25. The summed E-state index contributed by atoms with van der Waals surface area (Å²) >= 11 is 0. The average Bonchev–Trinajstić information content (AvgIpc) is 3.26. The molecule has 3 atom stereocenters. The van der Waals surface area contributed by atoms with Gasteiger partial charge in [-0.25, -0.2) is 0 Å². The third-order valence-electron chi connectivity index (χ3n) is 5.44. The van der Waals surface area contributed by atoms with Crippen LogP contribution in [0.5, 0.6) is 0 Å². The summed E-state index contributed by atoms with van der Waals surface area (Å²) in [5.41, 5.74) is 2.74. The van der Waals surface area contributed by atoms with Gasteiger partial charge in [-0.3, -0.25) is 5.10 Å². The summed E-state index contributed by atoms with van der Waals surface area (Å²) in [5.74, 6) is 1.92. The molecule has 4 rings (SSSR count). The lowest BCUT2D eigenvalue weighted by Crippen LogP contribution is -2.28. The summed E-state index contributed by atoms with van der Waals surface area (Å²) in [6.07, 6.45) is 10.4. The van der Waals surface area contributed by atoms with Crippen LogP contribution in [0, 0.1) is 5.92 Å². The molecule has 2 aliphatic rings. The van der Waals surface area contributed by atoms with Crippen molar-refractivity contribution in [1.82, 2.24) is 15.1 Å². The van der Waals surface area contributed by atoms with Crippen molar-refractivity contribution in [3.8, 4) is 0 Å². The van der Waals surface area contributed by atoms with Gasteiger partial charge in [0, 0.05) is 43.4 Å². The molecule has 1 N–H and O–H groups in total. The number of rotatable bonds is 4. The SMILES string of the molecule is C1=CC[C@H](CN2C[C@@H](c3ccccc3)[C@H](c3ccn[nH]3)C2)CC1. The number of allylic oxidation sites excluding steroid dienone is 2. The fourth-order valence-electron chi connectivity index (χ4n) is 4.25. The van der Waals surface area contributed by atoms with E-state index in [0.29, 0.717) is 11.8 Å². The van der Waals surface area contributed by atoms with Gasteiger partial charge in [-0.2, -0.15) is 5.10 Å². The molecule has 0 spiro atoms. The molecular weight excluding hydrogens is 282 g/mol. The first-order valence-electron chi connectivity index (χ1n) is 8.81. The molecule has 3 heteroatoms. The van der Waals surface area contributed by atoms with E-state index in [4.69, 9.17) is 0 Å². The molecule has 2 heterocycles. The van der Waals surface area contributed by atoms with Gasteiger partial charge < -0.3 is 4.90 Å². The number of nitrogens with one attached hydrogen (secondary N) is 1. The first-order chi connectivity index (χ1) is 11.4. The summed E-state index contributed by atoms with van der Waals surface area (Å²) in [7, 11) is 0. The lowest BCUT2D eigenvalue weighted by atomic mass is 9.87. The normalized spacial score (nSPS) is 28.3. The van der Waals surface area contributed by atoms with E-state index in [9.17, 15) is 0 Å². The highest BCUT2D eigenvalue weighted by molar-refractivity contribution is 5.27. The van der Waals surface area contributed by atoms with Gasteiger partial charge in [-0.15, -0.1) is 0 Å². The topological polar surface area (TPSA) is 31.9 Å². The maximum atomic E-state index is 4.18. The van der Waals surface area contributed by atoms with Gasteiger partial charge in [0.1, 0.15) is 0 Å². The molecule has 1 aliphatic carbocycles. The maximum Gasteiger partial charge on any atom is 0.0490 e. The molecule has 1 fully saturated rings. The van der Waals surface area contributed by atoms with Crippen molar-refractivity contribution >= 4 is 0 Å². The molecule has 0 radical (unpaired) electrons. The van der Waals surface area contributed by atoms with Crippen molar-refractivity contribution in [1.29, 1.82) is 0 Å². The smallest absolute Gasteiger partial charge is 0.0490 e. The van der Waals surface area contributed by atoms with Gasteiger partial charge in [0.15, 0.2) is 0 Å². The Kier molecular flexibility index (Phi) is 4.29. The largest absolute Gasteiger partial charge is 0.302 e. The predicted octanol–water partition coefficient (Wildman–Crippen LogP) is 3.95. The van der Waals surface area contributed by atoms with Crippen molar-refractivity contribution in [2.75, 3.05) is 19.6 Å². The summed E-state index contributed by atoms with van der Waals surface area (Å²) < 4.78 is 0. The van der Waals surface area contributed by atoms with Crippen LogP contribution in [0.1, 0.15) is 42.4 Å². The number of benzene rings is 1. The van der Waals surface area contributed by atoms with Crippen LogP contribution in [-0.4, -0.2) is 34.7 Å². The van der Waals surface area contributed by atoms with E-state index in [-0.39, 0.29) is 0 Å². The zero-order chi connectivity index (χ0) is 15.5. The number of aromatic amines is 1. The highest BCUT2D eigenvalue weighted by atomic mass is 15.2. The Morgan fingerprint density at radius 3 is 2.65 bits per heavy atom. The molecule has 1 aliphatic heterocycles. The molecule has 1 aromatic heterocycles. The quantitative estimate of drug-likeness (QED) is 0.867. The lowest BCUT2D eigenvalue weighted by molar-refractivity contribution is 0.261. The van der Waals surface area contributed by atoms with Crippen molar-refractivity contribution in [2.45, 2.75) is 31.1 Å². The molecule has 0 saturated carbocycles. The zero-order valence-electron chi connectivity index (χ0n) is 13.6. The number of likely N-dealkylation sites (tertiary alicyclic amines) is 1. The van der Waals surface area contributed by atoms with Crippen LogP contribution in [0.25, 0.3) is 0 Å². The molecule has 3 nitrogen and oxygen atoms in total. The zero-order valence-corrected chi connectivity index (χ0v) is 13.6. The van der Waals surface area contributed by atoms with Crippen LogP contribution in [0.3, 0.4) is 0 Å². The monoisotopic (exact) mass is 307 g/mol. The number of hydrogen-bond donors (Lipinski definition) is 1. The van der Waals surface area contributed by atoms with E-state index in [1.807, 2.05) is 6.20 Å². The second-order valence-electron chi connectivity index (χ2n) is 7.00. The molecule has 1 saturated heterocycles. The number of hydrogen-bond acceptors (Lipinski definition) is 2. The molecule has 0 amide bonds. The van der Waals surface area contributed by atoms with Crippen LogP contribution in [-0.2, 0) is 0 Å². The van der Waals surface area contributed by atoms with Crippen LogP contribution < -0.4 is 0 Å². The molecule has 0 bridgehead atoms. The first-order valence-corrected chi connectivity index (χ1v) is 8.81. The van der Waals surface area contributed by atoms with Crippen LogP contribution in [0.4, 0.5) is 0 Å². The number of H-pyrrole nitrogens is 1. The summed E-state index contributed by atoms with van der Waals surface area (Å²) in [6.45, 7) is 3.54. The standard InChI is InChI=1S/C20H25N3/c1-3-7-16(8-4-1)13-23-14-18(17-9-5-2-6-10-17)19(15-23)20-11-12-21-22-20/h1-3,5-6,9-12,16,18-19H,4,7-8,13-15H2,(H,21,22)/t16-,18-,19+/m0/s1. The summed E-state index contributed by atoms with van der Waals surface area (Å²) in [6, 6.07) is 13.1. The molecule has 1 aromatic carbocycles. The molecule has 2 aromatic rings. The summed E-state index contributed by atoms with van der Waals surface area (Å²) in [4.78, 5) is 2.67. The summed E-state index contributed by atoms with van der Waals surface area (Å²) in [5, 5.41) is 7.40. The van der Waals surface area contributed by atoms with E-state index in [0.717, 1.165) is 19.0 Å². The minimum Gasteiger partial charge on any atom is -0.302 e. The van der Waals surface area contributed by atoms with E-state index in [1.165, 1.54) is 37.1 Å². The van der Waals surface area contributed by atoms with Crippen LogP contribution in [0.15, 0.2) is 54.7 Å². The minimum absolute atomic E-state index is 0.527. The number of aromatic nitrogens is 2. The molecule has 120 valence electrons. The second kappa shape index (κ2) is 6.71. The number of nitrogens with zero attached hydrogens (tertiary/aromatic N) is 2. The van der Waals surface area contributed by atoms with Gasteiger partial charge in [0.05, 0.1) is 0 Å². The fraction of sp³-hybridized carbons (Fsp3) is 0.450.